The van der Waals surface area contributed by atoms with Crippen molar-refractivity contribution >= 4 is 17.4 Å². The van der Waals surface area contributed by atoms with E-state index >= 15 is 0 Å². The van der Waals surface area contributed by atoms with Gasteiger partial charge in [0.15, 0.2) is 0 Å². The SMILES string of the molecule is COCCCNc1cc(C(=O)Nc2ccccc2F)ncn1. The Labute approximate surface area is 127 Å². The van der Waals surface area contributed by atoms with Gasteiger partial charge in [0.2, 0.25) is 0 Å². The van der Waals surface area contributed by atoms with E-state index in [-0.39, 0.29) is 11.4 Å². The summed E-state index contributed by atoms with van der Waals surface area (Å²) in [6.45, 7) is 1.30. The number of carbonyl (C=O) groups is 1. The van der Waals surface area contributed by atoms with Gasteiger partial charge in [-0.25, -0.2) is 14.4 Å². The zero-order valence-corrected chi connectivity index (χ0v) is 12.2. The lowest BCUT2D eigenvalue weighted by atomic mass is 10.3. The van der Waals surface area contributed by atoms with Crippen molar-refractivity contribution in [3.8, 4) is 0 Å². The number of aromatic nitrogens is 2. The summed E-state index contributed by atoms with van der Waals surface area (Å²) in [6.07, 6.45) is 2.10. The number of benzene rings is 1. The van der Waals surface area contributed by atoms with E-state index in [9.17, 15) is 9.18 Å². The molecule has 1 heterocycles. The second-order valence-corrected chi connectivity index (χ2v) is 4.50. The number of rotatable bonds is 7. The van der Waals surface area contributed by atoms with Gasteiger partial charge >= 0.3 is 0 Å². The Morgan fingerprint density at radius 1 is 1.32 bits per heavy atom. The molecule has 0 aliphatic carbocycles. The summed E-state index contributed by atoms with van der Waals surface area (Å²) in [4.78, 5) is 20.0. The summed E-state index contributed by atoms with van der Waals surface area (Å²) in [5.41, 5.74) is 0.271. The summed E-state index contributed by atoms with van der Waals surface area (Å²) in [5.74, 6) is -0.458. The maximum atomic E-state index is 13.5. The van der Waals surface area contributed by atoms with Gasteiger partial charge in [0.25, 0.3) is 5.91 Å². The normalized spacial score (nSPS) is 10.3. The van der Waals surface area contributed by atoms with Crippen molar-refractivity contribution in [2.45, 2.75) is 6.42 Å². The molecule has 0 radical (unpaired) electrons. The molecule has 1 amide bonds. The molecule has 0 saturated heterocycles. The van der Waals surface area contributed by atoms with Gasteiger partial charge in [0.1, 0.15) is 23.7 Å². The van der Waals surface area contributed by atoms with E-state index in [2.05, 4.69) is 20.6 Å². The van der Waals surface area contributed by atoms with Crippen LogP contribution >= 0.6 is 0 Å². The summed E-state index contributed by atoms with van der Waals surface area (Å²) < 4.78 is 18.5. The van der Waals surface area contributed by atoms with E-state index in [1.54, 1.807) is 19.2 Å². The molecular formula is C15H17FN4O2. The van der Waals surface area contributed by atoms with Gasteiger partial charge in [-0.05, 0) is 18.6 Å². The van der Waals surface area contributed by atoms with E-state index < -0.39 is 11.7 Å². The number of methoxy groups -OCH3 is 1. The lowest BCUT2D eigenvalue weighted by Gasteiger charge is -2.08. The van der Waals surface area contributed by atoms with Gasteiger partial charge in [-0.15, -0.1) is 0 Å². The Kier molecular flexibility index (Phi) is 5.79. The van der Waals surface area contributed by atoms with Crippen LogP contribution in [0.1, 0.15) is 16.9 Å². The molecule has 6 nitrogen and oxygen atoms in total. The number of halogens is 1. The minimum Gasteiger partial charge on any atom is -0.385 e. The minimum absolute atomic E-state index is 0.112. The van der Waals surface area contributed by atoms with Crippen LogP contribution in [0.4, 0.5) is 15.9 Å². The Balaban J connectivity index is 1.99. The lowest BCUT2D eigenvalue weighted by Crippen LogP contribution is -2.15. The second kappa shape index (κ2) is 8.04. The Morgan fingerprint density at radius 3 is 2.91 bits per heavy atom. The summed E-state index contributed by atoms with van der Waals surface area (Å²) in [6, 6.07) is 7.47. The molecular weight excluding hydrogens is 287 g/mol. The van der Waals surface area contributed by atoms with Crippen LogP contribution in [-0.2, 0) is 4.74 Å². The monoisotopic (exact) mass is 304 g/mol. The van der Waals surface area contributed by atoms with Crippen LogP contribution in [0, 0.1) is 5.82 Å². The predicted molar refractivity (Wildman–Crippen MR) is 81.4 cm³/mol. The van der Waals surface area contributed by atoms with Gasteiger partial charge in [-0.3, -0.25) is 4.79 Å². The molecule has 116 valence electrons. The van der Waals surface area contributed by atoms with E-state index in [1.165, 1.54) is 24.5 Å². The molecule has 2 N–H and O–H groups in total. The van der Waals surface area contributed by atoms with Crippen LogP contribution in [0.25, 0.3) is 0 Å². The fourth-order valence-electron chi connectivity index (χ4n) is 1.76. The van der Waals surface area contributed by atoms with Crippen molar-refractivity contribution in [2.24, 2.45) is 0 Å². The summed E-state index contributed by atoms with van der Waals surface area (Å²) >= 11 is 0. The Morgan fingerprint density at radius 2 is 2.14 bits per heavy atom. The van der Waals surface area contributed by atoms with Crippen LogP contribution < -0.4 is 10.6 Å². The largest absolute Gasteiger partial charge is 0.385 e. The smallest absolute Gasteiger partial charge is 0.274 e. The topological polar surface area (TPSA) is 76.1 Å². The number of ether oxygens (including phenoxy) is 1. The van der Waals surface area contributed by atoms with Crippen LogP contribution in [0.3, 0.4) is 0 Å². The van der Waals surface area contributed by atoms with E-state index in [0.717, 1.165) is 6.42 Å². The number of para-hydroxylation sites is 1. The third kappa shape index (κ3) is 4.49. The van der Waals surface area contributed by atoms with Crippen molar-refractivity contribution in [3.63, 3.8) is 0 Å². The van der Waals surface area contributed by atoms with Gasteiger partial charge < -0.3 is 15.4 Å². The first-order chi connectivity index (χ1) is 10.7. The van der Waals surface area contributed by atoms with Crippen LogP contribution in [0.2, 0.25) is 0 Å². The number of nitrogens with zero attached hydrogens (tertiary/aromatic N) is 2. The van der Waals surface area contributed by atoms with Gasteiger partial charge in [0, 0.05) is 26.3 Å². The highest BCUT2D eigenvalue weighted by atomic mass is 19.1. The summed E-state index contributed by atoms with van der Waals surface area (Å²) in [7, 11) is 1.63. The number of nitrogens with one attached hydrogen (secondary N) is 2. The molecule has 7 heteroatoms. The first-order valence-corrected chi connectivity index (χ1v) is 6.81. The number of anilines is 2. The third-order valence-electron chi connectivity index (χ3n) is 2.85. The van der Waals surface area contributed by atoms with Crippen molar-refractivity contribution < 1.29 is 13.9 Å². The van der Waals surface area contributed by atoms with Gasteiger partial charge in [-0.1, -0.05) is 12.1 Å². The number of hydrogen-bond donors (Lipinski definition) is 2. The van der Waals surface area contributed by atoms with E-state index in [4.69, 9.17) is 4.74 Å². The highest BCUT2D eigenvalue weighted by Gasteiger charge is 2.11. The summed E-state index contributed by atoms with van der Waals surface area (Å²) in [5, 5.41) is 5.54. The molecule has 2 rings (SSSR count). The number of amides is 1. The molecule has 0 unspecified atom stereocenters. The molecule has 1 aromatic heterocycles. The van der Waals surface area contributed by atoms with Crippen LogP contribution in [-0.4, -0.2) is 36.1 Å². The van der Waals surface area contributed by atoms with Gasteiger partial charge in [-0.2, -0.15) is 0 Å². The van der Waals surface area contributed by atoms with Gasteiger partial charge in [0.05, 0.1) is 5.69 Å². The predicted octanol–water partition coefficient (Wildman–Crippen LogP) is 2.32. The molecule has 0 spiro atoms. The second-order valence-electron chi connectivity index (χ2n) is 4.50. The maximum Gasteiger partial charge on any atom is 0.274 e. The molecule has 0 bridgehead atoms. The van der Waals surface area contributed by atoms with Crippen molar-refractivity contribution in [1.82, 2.24) is 9.97 Å². The molecule has 0 fully saturated rings. The fraction of sp³-hybridized carbons (Fsp3) is 0.267. The Bertz CT molecular complexity index is 636. The average Bonchev–Trinajstić information content (AvgIpc) is 2.54. The zero-order chi connectivity index (χ0) is 15.8. The molecule has 0 saturated carbocycles. The maximum absolute atomic E-state index is 13.5. The Hall–Kier alpha value is -2.54. The molecule has 1 aromatic carbocycles. The third-order valence-corrected chi connectivity index (χ3v) is 2.85. The minimum atomic E-state index is -0.497. The molecule has 0 aliphatic heterocycles. The highest BCUT2D eigenvalue weighted by molar-refractivity contribution is 6.03. The van der Waals surface area contributed by atoms with Crippen LogP contribution in [0.15, 0.2) is 36.7 Å². The first kappa shape index (κ1) is 15.8. The average molecular weight is 304 g/mol. The zero-order valence-electron chi connectivity index (χ0n) is 12.2. The molecule has 22 heavy (non-hydrogen) atoms. The van der Waals surface area contributed by atoms with Crippen LogP contribution in [0.5, 0.6) is 0 Å². The van der Waals surface area contributed by atoms with Crippen molar-refractivity contribution in [3.05, 3.63) is 48.2 Å². The lowest BCUT2D eigenvalue weighted by molar-refractivity contribution is 0.102. The van der Waals surface area contributed by atoms with E-state index in [0.29, 0.717) is 19.0 Å². The first-order valence-electron chi connectivity index (χ1n) is 6.81. The highest BCUT2D eigenvalue weighted by Crippen LogP contribution is 2.14. The fourth-order valence-corrected chi connectivity index (χ4v) is 1.76. The van der Waals surface area contributed by atoms with E-state index in [1.807, 2.05) is 0 Å². The van der Waals surface area contributed by atoms with Crippen molar-refractivity contribution in [1.29, 1.82) is 0 Å². The molecule has 2 aromatic rings. The van der Waals surface area contributed by atoms with Crippen molar-refractivity contribution in [2.75, 3.05) is 30.9 Å². The number of hydrogen-bond acceptors (Lipinski definition) is 5. The molecule has 0 aliphatic rings. The number of carbonyl (C=O) groups excluding carboxylic acids is 1. The quantitative estimate of drug-likeness (QED) is 0.768. The molecule has 0 atom stereocenters. The standard InChI is InChI=1S/C15H17FN4O2/c1-22-8-4-7-17-14-9-13(18-10-19-14)15(21)20-12-6-3-2-5-11(12)16/h2-3,5-6,9-10H,4,7-8H2,1H3,(H,20,21)(H,17,18,19).